The molecule has 11 heteroatoms. The first kappa shape index (κ1) is 22.5. The van der Waals surface area contributed by atoms with E-state index in [-0.39, 0.29) is 11.6 Å². The molecule has 0 saturated carbocycles. The lowest BCUT2D eigenvalue weighted by atomic mass is 10.2. The molecule has 0 bridgehead atoms. The molecule has 166 valence electrons. The van der Waals surface area contributed by atoms with Gasteiger partial charge in [0.05, 0.1) is 12.0 Å². The zero-order valence-corrected chi connectivity index (χ0v) is 17.5. The van der Waals surface area contributed by atoms with Gasteiger partial charge in [-0.1, -0.05) is 0 Å². The highest BCUT2D eigenvalue weighted by atomic mass is 32.2. The van der Waals surface area contributed by atoms with Gasteiger partial charge in [-0.15, -0.1) is 0 Å². The van der Waals surface area contributed by atoms with Crippen molar-refractivity contribution < 1.29 is 31.5 Å². The quantitative estimate of drug-likeness (QED) is 0.768. The summed E-state index contributed by atoms with van der Waals surface area (Å²) in [6.45, 7) is 1.65. The van der Waals surface area contributed by atoms with Gasteiger partial charge in [0.25, 0.3) is 15.9 Å². The number of halogens is 2. The fraction of sp³-hybridized carbons (Fsp3) is 0.300. The van der Waals surface area contributed by atoms with E-state index in [2.05, 4.69) is 4.72 Å². The Morgan fingerprint density at radius 1 is 0.935 bits per heavy atom. The van der Waals surface area contributed by atoms with E-state index in [1.807, 2.05) is 0 Å². The Labute approximate surface area is 178 Å². The Balaban J connectivity index is 1.67. The minimum Gasteiger partial charge on any atom is -0.453 e. The summed E-state index contributed by atoms with van der Waals surface area (Å²) < 4.78 is 58.1. The molecule has 2 aromatic carbocycles. The number of amides is 2. The van der Waals surface area contributed by atoms with E-state index in [4.69, 9.17) is 4.74 Å². The molecule has 8 nitrogen and oxygen atoms in total. The van der Waals surface area contributed by atoms with Gasteiger partial charge >= 0.3 is 6.09 Å². The molecule has 0 radical (unpaired) electrons. The normalized spacial score (nSPS) is 14.7. The number of nitrogens with one attached hydrogen (secondary N) is 1. The molecular formula is C20H21F2N3O5S. The Morgan fingerprint density at radius 3 is 2.23 bits per heavy atom. The lowest BCUT2D eigenvalue weighted by molar-refractivity contribution is 0.0757. The van der Waals surface area contributed by atoms with Crippen molar-refractivity contribution in [1.82, 2.24) is 9.80 Å². The van der Waals surface area contributed by atoms with E-state index >= 15 is 0 Å². The highest BCUT2D eigenvalue weighted by molar-refractivity contribution is 7.92. The minimum atomic E-state index is -4.13. The number of nitrogens with zero attached hydrogens (tertiary/aromatic N) is 2. The number of carbonyl (C=O) groups is 2. The van der Waals surface area contributed by atoms with Crippen LogP contribution in [0.1, 0.15) is 16.8 Å². The lowest BCUT2D eigenvalue weighted by Gasteiger charge is -2.21. The minimum absolute atomic E-state index is 0.161. The number of carbonyl (C=O) groups excluding carboxylic acids is 2. The van der Waals surface area contributed by atoms with E-state index in [0.717, 1.165) is 12.1 Å². The van der Waals surface area contributed by atoms with Gasteiger partial charge in [-0.25, -0.2) is 22.0 Å². The van der Waals surface area contributed by atoms with Gasteiger partial charge in [-0.2, -0.15) is 0 Å². The Bertz CT molecular complexity index is 1080. The van der Waals surface area contributed by atoms with E-state index < -0.39 is 32.6 Å². The largest absolute Gasteiger partial charge is 0.453 e. The third kappa shape index (κ3) is 5.29. The Morgan fingerprint density at radius 2 is 1.58 bits per heavy atom. The molecule has 1 heterocycles. The van der Waals surface area contributed by atoms with Crippen LogP contribution in [0.4, 0.5) is 19.3 Å². The monoisotopic (exact) mass is 453 g/mol. The fourth-order valence-electron chi connectivity index (χ4n) is 3.15. The predicted octanol–water partition coefficient (Wildman–Crippen LogP) is 2.68. The number of sulfonamides is 1. The molecule has 0 aromatic heterocycles. The molecule has 1 saturated heterocycles. The summed E-state index contributed by atoms with van der Waals surface area (Å²) in [7, 11) is -2.83. The predicted molar refractivity (Wildman–Crippen MR) is 108 cm³/mol. The van der Waals surface area contributed by atoms with Crippen LogP contribution in [0.3, 0.4) is 0 Å². The third-order valence-corrected chi connectivity index (χ3v) is 6.18. The van der Waals surface area contributed by atoms with Crippen LogP contribution in [0.15, 0.2) is 47.4 Å². The van der Waals surface area contributed by atoms with E-state index in [1.54, 1.807) is 4.90 Å². The number of benzene rings is 2. The summed E-state index contributed by atoms with van der Waals surface area (Å²) in [6, 6.07) is 8.02. The number of rotatable bonds is 4. The highest BCUT2D eigenvalue weighted by Crippen LogP contribution is 2.19. The molecule has 0 aliphatic carbocycles. The van der Waals surface area contributed by atoms with Gasteiger partial charge in [0.2, 0.25) is 0 Å². The van der Waals surface area contributed by atoms with Crippen LogP contribution in [0.5, 0.6) is 0 Å². The van der Waals surface area contributed by atoms with Crippen molar-refractivity contribution in [3.05, 3.63) is 59.7 Å². The molecule has 2 aromatic rings. The number of hydrogen-bond donors (Lipinski definition) is 1. The van der Waals surface area contributed by atoms with Crippen molar-refractivity contribution in [2.24, 2.45) is 0 Å². The van der Waals surface area contributed by atoms with Gasteiger partial charge in [-0.05, 0) is 48.9 Å². The summed E-state index contributed by atoms with van der Waals surface area (Å²) in [4.78, 5) is 27.1. The van der Waals surface area contributed by atoms with Crippen LogP contribution in [-0.4, -0.2) is 63.5 Å². The van der Waals surface area contributed by atoms with Gasteiger partial charge in [0.1, 0.15) is 0 Å². The van der Waals surface area contributed by atoms with Crippen molar-refractivity contribution >= 4 is 27.7 Å². The summed E-state index contributed by atoms with van der Waals surface area (Å²) in [6.07, 6.45) is 0.166. The smallest absolute Gasteiger partial charge is 0.409 e. The number of hydrogen-bond acceptors (Lipinski definition) is 5. The lowest BCUT2D eigenvalue weighted by Crippen LogP contribution is -2.37. The molecule has 2 amide bonds. The molecule has 0 atom stereocenters. The molecule has 0 unspecified atom stereocenters. The van der Waals surface area contributed by atoms with Crippen molar-refractivity contribution in [3.8, 4) is 0 Å². The number of methoxy groups -OCH3 is 1. The summed E-state index contributed by atoms with van der Waals surface area (Å²) in [5.74, 6) is -2.67. The molecule has 3 rings (SSSR count). The molecular weight excluding hydrogens is 432 g/mol. The Kier molecular flexibility index (Phi) is 6.74. The molecule has 31 heavy (non-hydrogen) atoms. The molecule has 1 aliphatic heterocycles. The average molecular weight is 453 g/mol. The molecule has 1 fully saturated rings. The second-order valence-electron chi connectivity index (χ2n) is 6.86. The van der Waals surface area contributed by atoms with Crippen molar-refractivity contribution in [1.29, 1.82) is 0 Å². The fourth-order valence-corrected chi connectivity index (χ4v) is 4.22. The van der Waals surface area contributed by atoms with Gasteiger partial charge < -0.3 is 14.5 Å². The van der Waals surface area contributed by atoms with E-state index in [0.29, 0.717) is 44.2 Å². The highest BCUT2D eigenvalue weighted by Gasteiger charge is 2.23. The van der Waals surface area contributed by atoms with Crippen LogP contribution in [0.25, 0.3) is 0 Å². The van der Waals surface area contributed by atoms with Crippen LogP contribution in [0.2, 0.25) is 0 Å². The summed E-state index contributed by atoms with van der Waals surface area (Å²) in [5, 5.41) is 0. The standard InChI is InChI=1S/C20H21F2N3O5S/c1-30-20(27)25-10-2-9-24(11-12-25)19(26)14-3-5-15(6-4-14)23-31(28,29)16-7-8-17(21)18(22)13-16/h3-8,13,23H,2,9-12H2,1H3. The van der Waals surface area contributed by atoms with Crippen LogP contribution >= 0.6 is 0 Å². The SMILES string of the molecule is COC(=O)N1CCCN(C(=O)c2ccc(NS(=O)(=O)c3ccc(F)c(F)c3)cc2)CC1. The average Bonchev–Trinajstić information content (AvgIpc) is 3.01. The first-order valence-electron chi connectivity index (χ1n) is 9.41. The van der Waals surface area contributed by atoms with E-state index in [1.165, 1.54) is 36.3 Å². The van der Waals surface area contributed by atoms with Crippen LogP contribution in [-0.2, 0) is 14.8 Å². The summed E-state index contributed by atoms with van der Waals surface area (Å²) >= 11 is 0. The topological polar surface area (TPSA) is 96.0 Å². The van der Waals surface area contributed by atoms with Crippen LogP contribution < -0.4 is 4.72 Å². The molecule has 0 spiro atoms. The number of ether oxygens (including phenoxy) is 1. The first-order chi connectivity index (χ1) is 14.7. The third-order valence-electron chi connectivity index (χ3n) is 4.80. The first-order valence-corrected chi connectivity index (χ1v) is 10.9. The number of anilines is 1. The van der Waals surface area contributed by atoms with Crippen molar-refractivity contribution in [2.45, 2.75) is 11.3 Å². The van der Waals surface area contributed by atoms with Gasteiger partial charge in [0.15, 0.2) is 11.6 Å². The maximum absolute atomic E-state index is 13.3. The summed E-state index contributed by atoms with van der Waals surface area (Å²) in [5.41, 5.74) is 0.510. The zero-order valence-electron chi connectivity index (χ0n) is 16.7. The maximum Gasteiger partial charge on any atom is 0.409 e. The zero-order chi connectivity index (χ0) is 22.6. The second-order valence-corrected chi connectivity index (χ2v) is 8.54. The molecule has 1 aliphatic rings. The van der Waals surface area contributed by atoms with Crippen LogP contribution in [0, 0.1) is 11.6 Å². The van der Waals surface area contributed by atoms with E-state index in [9.17, 15) is 26.8 Å². The van der Waals surface area contributed by atoms with Gasteiger partial charge in [0, 0.05) is 37.4 Å². The maximum atomic E-state index is 13.3. The van der Waals surface area contributed by atoms with Crippen molar-refractivity contribution in [3.63, 3.8) is 0 Å². The second kappa shape index (κ2) is 9.29. The molecule has 1 N–H and O–H groups in total. The van der Waals surface area contributed by atoms with Gasteiger partial charge in [-0.3, -0.25) is 9.52 Å². The Hall–Kier alpha value is -3.21. The van der Waals surface area contributed by atoms with Crippen molar-refractivity contribution in [2.75, 3.05) is 38.0 Å².